The molecule has 0 bridgehead atoms. The minimum absolute atomic E-state index is 0.216. The Hall–Kier alpha value is -3.08. The van der Waals surface area contributed by atoms with Gasteiger partial charge < -0.3 is 4.57 Å². The van der Waals surface area contributed by atoms with Gasteiger partial charge in [0, 0.05) is 11.6 Å². The first kappa shape index (κ1) is 16.4. The highest BCUT2D eigenvalue weighted by atomic mass is 19.1. The van der Waals surface area contributed by atoms with Crippen molar-refractivity contribution < 1.29 is 4.39 Å². The summed E-state index contributed by atoms with van der Waals surface area (Å²) in [7, 11) is 0. The van der Waals surface area contributed by atoms with Crippen LogP contribution in [0.5, 0.6) is 0 Å². The molecular weight excluding hydrogens is 327 g/mol. The maximum Gasteiger partial charge on any atom is 0.164 e. The van der Waals surface area contributed by atoms with Gasteiger partial charge in [0.05, 0.1) is 6.33 Å². The molecule has 0 aliphatic rings. The summed E-state index contributed by atoms with van der Waals surface area (Å²) < 4.78 is 15.1. The van der Waals surface area contributed by atoms with Crippen LogP contribution in [0, 0.1) is 5.82 Å². The van der Waals surface area contributed by atoms with E-state index in [1.807, 2.05) is 35.2 Å². The lowest BCUT2D eigenvalue weighted by Crippen LogP contribution is -2.00. The average molecular weight is 346 g/mol. The molecule has 0 radical (unpaired) electrons. The maximum atomic E-state index is 13.1. The Morgan fingerprint density at radius 3 is 2.54 bits per heavy atom. The monoisotopic (exact) mass is 346 g/mol. The van der Waals surface area contributed by atoms with Crippen LogP contribution in [-0.4, -0.2) is 19.5 Å². The van der Waals surface area contributed by atoms with Crippen LogP contribution in [0.3, 0.4) is 0 Å². The van der Waals surface area contributed by atoms with Gasteiger partial charge in [-0.15, -0.1) is 0 Å². The lowest BCUT2D eigenvalue weighted by molar-refractivity contribution is 0.612. The van der Waals surface area contributed by atoms with Crippen molar-refractivity contribution in [3.05, 3.63) is 78.1 Å². The van der Waals surface area contributed by atoms with Crippen LogP contribution < -0.4 is 0 Å². The lowest BCUT2D eigenvalue weighted by Gasteiger charge is -2.08. The van der Waals surface area contributed by atoms with E-state index in [1.54, 1.807) is 6.33 Å². The molecule has 0 saturated heterocycles. The minimum atomic E-state index is -0.216. The Morgan fingerprint density at radius 1 is 0.962 bits per heavy atom. The van der Waals surface area contributed by atoms with Crippen molar-refractivity contribution in [3.8, 4) is 11.3 Å². The van der Waals surface area contributed by atoms with E-state index in [2.05, 4.69) is 40.9 Å². The molecule has 0 N–H and O–H groups in total. The Balaban J connectivity index is 1.72. The van der Waals surface area contributed by atoms with Gasteiger partial charge in [-0.1, -0.05) is 30.3 Å². The van der Waals surface area contributed by atoms with Crippen molar-refractivity contribution in [1.29, 1.82) is 0 Å². The second-order valence-electron chi connectivity index (χ2n) is 6.64. The van der Waals surface area contributed by atoms with E-state index in [9.17, 15) is 4.39 Å². The number of benzene rings is 2. The minimum Gasteiger partial charge on any atom is -0.313 e. The second-order valence-corrected chi connectivity index (χ2v) is 6.64. The van der Waals surface area contributed by atoms with Crippen molar-refractivity contribution >= 4 is 11.2 Å². The number of aromatic nitrogens is 4. The van der Waals surface area contributed by atoms with E-state index in [-0.39, 0.29) is 11.9 Å². The molecule has 2 heterocycles. The fourth-order valence-electron chi connectivity index (χ4n) is 3.11. The standard InChI is InChI=1S/C21H19FN4/c1-14(2)26-13-25-20-19(23-12-24-21(20)26)17-5-3-4-16(11-17)10-15-6-8-18(22)9-7-15/h3-9,11-14H,10H2,1-2H3. The van der Waals surface area contributed by atoms with Gasteiger partial charge in [-0.05, 0) is 49.6 Å². The molecule has 0 fully saturated rings. The molecule has 2 aromatic carbocycles. The van der Waals surface area contributed by atoms with Gasteiger partial charge in [-0.25, -0.2) is 19.3 Å². The number of rotatable bonds is 4. The number of hydrogen-bond donors (Lipinski definition) is 0. The highest BCUT2D eigenvalue weighted by Crippen LogP contribution is 2.26. The fraction of sp³-hybridized carbons (Fsp3) is 0.190. The Morgan fingerprint density at radius 2 is 1.77 bits per heavy atom. The summed E-state index contributed by atoms with van der Waals surface area (Å²) in [6.07, 6.45) is 4.14. The molecule has 0 unspecified atom stereocenters. The summed E-state index contributed by atoms with van der Waals surface area (Å²) >= 11 is 0. The largest absolute Gasteiger partial charge is 0.313 e. The molecule has 2 aromatic heterocycles. The van der Waals surface area contributed by atoms with E-state index in [4.69, 9.17) is 0 Å². The van der Waals surface area contributed by atoms with E-state index >= 15 is 0 Å². The molecule has 130 valence electrons. The third-order valence-electron chi connectivity index (χ3n) is 4.44. The first-order chi connectivity index (χ1) is 12.6. The predicted octanol–water partition coefficient (Wildman–Crippen LogP) is 4.80. The van der Waals surface area contributed by atoms with Crippen molar-refractivity contribution in [3.63, 3.8) is 0 Å². The zero-order chi connectivity index (χ0) is 18.1. The molecule has 4 aromatic rings. The maximum absolute atomic E-state index is 13.1. The number of nitrogens with zero attached hydrogens (tertiary/aromatic N) is 4. The molecule has 4 rings (SSSR count). The SMILES string of the molecule is CC(C)n1cnc2c(-c3cccc(Cc4ccc(F)cc4)c3)ncnc21. The molecule has 26 heavy (non-hydrogen) atoms. The Bertz CT molecular complexity index is 1050. The van der Waals surface area contributed by atoms with Gasteiger partial charge >= 0.3 is 0 Å². The number of fused-ring (bicyclic) bond motifs is 1. The molecule has 5 heteroatoms. The van der Waals surface area contributed by atoms with Crippen molar-refractivity contribution in [2.45, 2.75) is 26.3 Å². The van der Waals surface area contributed by atoms with Crippen LogP contribution in [0.1, 0.15) is 31.0 Å². The molecule has 0 amide bonds. The van der Waals surface area contributed by atoms with Crippen LogP contribution in [-0.2, 0) is 6.42 Å². The number of halogens is 1. The zero-order valence-corrected chi connectivity index (χ0v) is 14.7. The van der Waals surface area contributed by atoms with Gasteiger partial charge in [0.2, 0.25) is 0 Å². The molecule has 0 saturated carbocycles. The summed E-state index contributed by atoms with van der Waals surface area (Å²) in [5.41, 5.74) is 5.69. The molecule has 0 atom stereocenters. The fourth-order valence-corrected chi connectivity index (χ4v) is 3.11. The highest BCUT2D eigenvalue weighted by molar-refractivity contribution is 5.87. The first-order valence-corrected chi connectivity index (χ1v) is 8.63. The van der Waals surface area contributed by atoms with Crippen molar-refractivity contribution in [1.82, 2.24) is 19.5 Å². The van der Waals surface area contributed by atoms with Crippen molar-refractivity contribution in [2.24, 2.45) is 0 Å². The third kappa shape index (κ3) is 3.08. The highest BCUT2D eigenvalue weighted by Gasteiger charge is 2.13. The van der Waals surface area contributed by atoms with Crippen LogP contribution in [0.2, 0.25) is 0 Å². The zero-order valence-electron chi connectivity index (χ0n) is 14.7. The third-order valence-corrected chi connectivity index (χ3v) is 4.44. The summed E-state index contributed by atoms with van der Waals surface area (Å²) in [6, 6.07) is 15.1. The lowest BCUT2D eigenvalue weighted by atomic mass is 10.0. The van der Waals surface area contributed by atoms with Gasteiger partial charge in [0.15, 0.2) is 5.65 Å². The summed E-state index contributed by atoms with van der Waals surface area (Å²) in [4.78, 5) is 13.4. The van der Waals surface area contributed by atoms with Crippen molar-refractivity contribution in [2.75, 3.05) is 0 Å². The molecule has 0 aliphatic carbocycles. The quantitative estimate of drug-likeness (QED) is 0.533. The molecule has 4 nitrogen and oxygen atoms in total. The van der Waals surface area contributed by atoms with Crippen LogP contribution >= 0.6 is 0 Å². The van der Waals surface area contributed by atoms with Crippen LogP contribution in [0.15, 0.2) is 61.2 Å². The summed E-state index contributed by atoms with van der Waals surface area (Å²) in [6.45, 7) is 4.21. The molecule has 0 aliphatic heterocycles. The number of imidazole rings is 1. The normalized spacial score (nSPS) is 11.4. The van der Waals surface area contributed by atoms with Crippen LogP contribution in [0.4, 0.5) is 4.39 Å². The smallest absolute Gasteiger partial charge is 0.164 e. The van der Waals surface area contributed by atoms with E-state index < -0.39 is 0 Å². The summed E-state index contributed by atoms with van der Waals surface area (Å²) in [5.74, 6) is -0.216. The van der Waals surface area contributed by atoms with E-state index in [0.29, 0.717) is 0 Å². The Kier molecular flexibility index (Phi) is 4.21. The van der Waals surface area contributed by atoms with Gasteiger partial charge in [0.25, 0.3) is 0 Å². The molecule has 0 spiro atoms. The first-order valence-electron chi connectivity index (χ1n) is 8.63. The average Bonchev–Trinajstić information content (AvgIpc) is 3.08. The van der Waals surface area contributed by atoms with Gasteiger partial charge in [0.1, 0.15) is 23.4 Å². The van der Waals surface area contributed by atoms with E-state index in [0.717, 1.165) is 40.0 Å². The Labute approximate surface area is 151 Å². The second kappa shape index (κ2) is 6.67. The molecular formula is C21H19FN4. The van der Waals surface area contributed by atoms with Crippen LogP contribution in [0.25, 0.3) is 22.4 Å². The van der Waals surface area contributed by atoms with Gasteiger partial charge in [-0.2, -0.15) is 0 Å². The number of hydrogen-bond acceptors (Lipinski definition) is 3. The topological polar surface area (TPSA) is 43.6 Å². The van der Waals surface area contributed by atoms with Gasteiger partial charge in [-0.3, -0.25) is 0 Å². The van der Waals surface area contributed by atoms with E-state index in [1.165, 1.54) is 12.1 Å². The summed E-state index contributed by atoms with van der Waals surface area (Å²) in [5, 5.41) is 0. The predicted molar refractivity (Wildman–Crippen MR) is 100 cm³/mol.